The number of nitrogens with zero attached hydrogens (tertiary/aromatic N) is 2. The Kier molecular flexibility index (Phi) is 15.3. The van der Waals surface area contributed by atoms with Crippen molar-refractivity contribution in [2.45, 2.75) is 72.1 Å². The fourth-order valence-corrected chi connectivity index (χ4v) is 6.90. The maximum Gasteiger partial charge on any atom is 0.409 e. The lowest BCUT2D eigenvalue weighted by atomic mass is 9.89. The van der Waals surface area contributed by atoms with E-state index in [4.69, 9.17) is 21.1 Å². The summed E-state index contributed by atoms with van der Waals surface area (Å²) in [5, 5.41) is 13.8. The van der Waals surface area contributed by atoms with Crippen LogP contribution >= 0.6 is 11.6 Å². The van der Waals surface area contributed by atoms with Crippen LogP contribution in [0.1, 0.15) is 67.6 Å². The number of likely N-dealkylation sites (N-methyl/N-ethyl adjacent to an activating group) is 1. The summed E-state index contributed by atoms with van der Waals surface area (Å²) in [6.45, 7) is 8.67. The first kappa shape index (κ1) is 44.4. The van der Waals surface area contributed by atoms with Crippen molar-refractivity contribution in [3.63, 3.8) is 0 Å². The van der Waals surface area contributed by atoms with Gasteiger partial charge in [-0.3, -0.25) is 29.3 Å². The molecule has 16 nitrogen and oxygen atoms in total. The molecule has 1 fully saturated rings. The van der Waals surface area contributed by atoms with Crippen molar-refractivity contribution in [3.05, 3.63) is 87.6 Å². The van der Waals surface area contributed by atoms with Crippen LogP contribution in [-0.4, -0.2) is 97.0 Å². The molecule has 3 unspecified atom stereocenters. The van der Waals surface area contributed by atoms with Crippen LogP contribution in [0.5, 0.6) is 0 Å². The fourth-order valence-electron chi connectivity index (χ4n) is 6.63. The maximum atomic E-state index is 13.0. The average Bonchev–Trinajstić information content (AvgIpc) is 3.51. The lowest BCUT2D eigenvalue weighted by Crippen LogP contribution is -2.52. The highest BCUT2D eigenvalue weighted by Gasteiger charge is 2.39. The van der Waals surface area contributed by atoms with Crippen LogP contribution in [-0.2, 0) is 48.2 Å². The Morgan fingerprint density at radius 3 is 2.51 bits per heavy atom. The predicted octanol–water partition coefficient (Wildman–Crippen LogP) is 4.03. The van der Waals surface area contributed by atoms with E-state index in [0.29, 0.717) is 41.5 Å². The molecule has 4 atom stereocenters. The standard InChI is InChI=1S/C42H52ClN7O9/c1-24(2)37(52)45-26(4)38(53)46-31-10-8-29(25(3)18-31)23-59-42(57)49(5)15-17-58-16-14-28-7-9-32(20-34(28)43)47-41(56)44-21-27-6-11-33-30(19-27)22-50(40(33)55)35-12-13-36(51)48-39(35)54/h6-11,18-20,24-26,29,35H,12-17,21-23H2,1-5H3,(H,45,52)(H,46,53)(H2,44,47,56)(H,48,51,54)/t25?,26-,29?,35?/m0/s1. The van der Waals surface area contributed by atoms with Gasteiger partial charge in [0.15, 0.2) is 0 Å². The van der Waals surface area contributed by atoms with Crippen molar-refractivity contribution in [2.24, 2.45) is 17.8 Å². The largest absolute Gasteiger partial charge is 0.449 e. The molecular weight excluding hydrogens is 782 g/mol. The van der Waals surface area contributed by atoms with E-state index in [1.165, 1.54) is 9.80 Å². The minimum Gasteiger partial charge on any atom is -0.449 e. The zero-order valence-corrected chi connectivity index (χ0v) is 34.6. The summed E-state index contributed by atoms with van der Waals surface area (Å²) in [6.07, 6.45) is 6.04. The number of hydrogen-bond acceptors (Lipinski definition) is 9. The molecule has 5 rings (SSSR count). The van der Waals surface area contributed by atoms with Gasteiger partial charge in [-0.05, 0) is 66.6 Å². The van der Waals surface area contributed by atoms with Gasteiger partial charge in [0.05, 0.1) is 13.2 Å². The molecule has 0 bridgehead atoms. The molecule has 0 radical (unpaired) electrons. The summed E-state index contributed by atoms with van der Waals surface area (Å²) in [5.74, 6) is -1.89. The van der Waals surface area contributed by atoms with Gasteiger partial charge in [-0.15, -0.1) is 0 Å². The predicted molar refractivity (Wildman–Crippen MR) is 219 cm³/mol. The smallest absolute Gasteiger partial charge is 0.409 e. The average molecular weight is 834 g/mol. The van der Waals surface area contributed by atoms with Gasteiger partial charge in [0.1, 0.15) is 18.7 Å². The second kappa shape index (κ2) is 20.3. The number of benzene rings is 2. The minimum absolute atomic E-state index is 0.00808. The Morgan fingerprint density at radius 2 is 1.80 bits per heavy atom. The zero-order valence-electron chi connectivity index (χ0n) is 33.9. The molecule has 2 heterocycles. The third-order valence-electron chi connectivity index (χ3n) is 10.3. The number of imide groups is 1. The Labute approximate surface area is 348 Å². The summed E-state index contributed by atoms with van der Waals surface area (Å²) < 4.78 is 11.3. The van der Waals surface area contributed by atoms with E-state index in [1.807, 2.05) is 25.1 Å². The second-order valence-corrected chi connectivity index (χ2v) is 15.7. The Balaban J connectivity index is 0.958. The van der Waals surface area contributed by atoms with Crippen molar-refractivity contribution in [3.8, 4) is 0 Å². The van der Waals surface area contributed by atoms with Crippen molar-refractivity contribution in [2.75, 3.05) is 38.7 Å². The quantitative estimate of drug-likeness (QED) is 0.122. The molecule has 0 saturated carbocycles. The number of fused-ring (bicyclic) bond motifs is 1. The van der Waals surface area contributed by atoms with Crippen LogP contribution in [0.3, 0.4) is 0 Å². The van der Waals surface area contributed by atoms with E-state index in [9.17, 15) is 33.6 Å². The molecule has 5 N–H and O–H groups in total. The molecule has 0 aromatic heterocycles. The molecular formula is C42H52ClN7O9. The summed E-state index contributed by atoms with van der Waals surface area (Å²) in [7, 11) is 1.63. The van der Waals surface area contributed by atoms with Crippen molar-refractivity contribution in [1.82, 2.24) is 31.1 Å². The highest BCUT2D eigenvalue weighted by atomic mass is 35.5. The molecule has 2 aromatic carbocycles. The SMILES string of the molecule is CC(C)C(=O)N[C@@H](C)C(=O)NC1=CC(C)C(COC(=O)N(C)CCOCCc2ccc(NC(=O)NCc3ccc4c(c3)CN(C3CCC(=O)NC3=O)C4=O)cc2Cl)C=C1. The van der Waals surface area contributed by atoms with Crippen LogP contribution in [0.4, 0.5) is 15.3 Å². The van der Waals surface area contributed by atoms with Gasteiger partial charge in [0, 0.05) is 66.9 Å². The van der Waals surface area contributed by atoms with Gasteiger partial charge >= 0.3 is 12.1 Å². The third-order valence-corrected chi connectivity index (χ3v) is 10.7. The molecule has 3 aliphatic rings. The zero-order chi connectivity index (χ0) is 42.8. The van der Waals surface area contributed by atoms with E-state index in [2.05, 4.69) is 26.6 Å². The van der Waals surface area contributed by atoms with Gasteiger partial charge < -0.3 is 40.5 Å². The highest BCUT2D eigenvalue weighted by Crippen LogP contribution is 2.29. The number of ether oxygens (including phenoxy) is 2. The molecule has 2 aliphatic heterocycles. The van der Waals surface area contributed by atoms with Crippen LogP contribution in [0.25, 0.3) is 0 Å². The van der Waals surface area contributed by atoms with E-state index >= 15 is 0 Å². The van der Waals surface area contributed by atoms with E-state index < -0.39 is 30.1 Å². The van der Waals surface area contributed by atoms with Gasteiger partial charge in [0.25, 0.3) is 5.91 Å². The number of allylic oxidation sites excluding steroid dienone is 2. The Hall–Kier alpha value is -5.74. The van der Waals surface area contributed by atoms with Crippen LogP contribution < -0.4 is 26.6 Å². The van der Waals surface area contributed by atoms with Crippen molar-refractivity contribution < 1.29 is 43.0 Å². The van der Waals surface area contributed by atoms with E-state index in [1.54, 1.807) is 64.2 Å². The second-order valence-electron chi connectivity index (χ2n) is 15.2. The van der Waals surface area contributed by atoms with Crippen LogP contribution in [0.2, 0.25) is 5.02 Å². The van der Waals surface area contributed by atoms with E-state index in [0.717, 1.165) is 16.7 Å². The minimum atomic E-state index is -0.696. The highest BCUT2D eigenvalue weighted by molar-refractivity contribution is 6.31. The van der Waals surface area contributed by atoms with Gasteiger partial charge in [-0.2, -0.15) is 0 Å². The van der Waals surface area contributed by atoms with Crippen LogP contribution in [0.15, 0.2) is 60.3 Å². The number of carbonyl (C=O) groups is 7. The number of carbonyl (C=O) groups excluding carboxylic acids is 7. The summed E-state index contributed by atoms with van der Waals surface area (Å²) >= 11 is 6.51. The molecule has 17 heteroatoms. The Morgan fingerprint density at radius 1 is 1.02 bits per heavy atom. The van der Waals surface area contributed by atoms with Gasteiger partial charge in [0.2, 0.25) is 23.6 Å². The van der Waals surface area contributed by atoms with Crippen molar-refractivity contribution >= 4 is 58.9 Å². The summed E-state index contributed by atoms with van der Waals surface area (Å²) in [4.78, 5) is 89.5. The molecule has 2 aromatic rings. The number of halogens is 1. The Bertz CT molecular complexity index is 2020. The van der Waals surface area contributed by atoms with Gasteiger partial charge in [-0.25, -0.2) is 9.59 Å². The lowest BCUT2D eigenvalue weighted by Gasteiger charge is -2.29. The number of nitrogens with one attached hydrogen (secondary N) is 5. The number of hydrogen-bond donors (Lipinski definition) is 5. The normalized spacial score (nSPS) is 19.0. The van der Waals surface area contributed by atoms with E-state index in [-0.39, 0.29) is 80.5 Å². The number of rotatable bonds is 16. The van der Waals surface area contributed by atoms with Gasteiger partial charge in [-0.1, -0.05) is 62.7 Å². The monoisotopic (exact) mass is 833 g/mol. The molecule has 1 aliphatic carbocycles. The third kappa shape index (κ3) is 12.1. The number of amides is 8. The lowest BCUT2D eigenvalue weighted by molar-refractivity contribution is -0.137. The van der Waals surface area contributed by atoms with Crippen LogP contribution in [0, 0.1) is 17.8 Å². The molecule has 8 amide bonds. The molecule has 59 heavy (non-hydrogen) atoms. The molecule has 316 valence electrons. The number of anilines is 1. The first-order chi connectivity index (χ1) is 28.1. The fraction of sp³-hybridized carbons (Fsp3) is 0.452. The first-order valence-corrected chi connectivity index (χ1v) is 20.0. The van der Waals surface area contributed by atoms with Crippen molar-refractivity contribution in [1.29, 1.82) is 0 Å². The maximum absolute atomic E-state index is 13.0. The summed E-state index contributed by atoms with van der Waals surface area (Å²) in [5.41, 5.74) is 3.96. The summed E-state index contributed by atoms with van der Waals surface area (Å²) in [6, 6.07) is 8.63. The molecule has 0 spiro atoms. The number of urea groups is 1. The topological polar surface area (TPSA) is 205 Å². The molecule has 1 saturated heterocycles. The number of piperidine rings is 1. The first-order valence-electron chi connectivity index (χ1n) is 19.7.